The predicted octanol–water partition coefficient (Wildman–Crippen LogP) is 3.35. The van der Waals surface area contributed by atoms with Gasteiger partial charge in [0.2, 0.25) is 0 Å². The fourth-order valence-corrected chi connectivity index (χ4v) is 3.22. The average molecular weight is 224 g/mol. The maximum atomic E-state index is 11.5. The number of hydrogen-bond acceptors (Lipinski definition) is 1. The van der Waals surface area contributed by atoms with E-state index >= 15 is 0 Å². The first-order chi connectivity index (χ1) is 8.26. The maximum Gasteiger partial charge on any atom is 0.178 e. The van der Waals surface area contributed by atoms with Crippen molar-refractivity contribution in [1.82, 2.24) is 0 Å². The predicted molar refractivity (Wildman–Crippen MR) is 69.0 cm³/mol. The van der Waals surface area contributed by atoms with Crippen LogP contribution in [0.3, 0.4) is 0 Å². The number of rotatable bonds is 1. The minimum atomic E-state index is -0.0112. The molecule has 1 aromatic carbocycles. The van der Waals surface area contributed by atoms with Gasteiger partial charge in [-0.05, 0) is 42.5 Å². The van der Waals surface area contributed by atoms with Crippen molar-refractivity contribution < 1.29 is 4.79 Å². The molecule has 0 radical (unpaired) electrons. The van der Waals surface area contributed by atoms with Crippen molar-refractivity contribution in [3.63, 3.8) is 0 Å². The van der Waals surface area contributed by atoms with Gasteiger partial charge in [0.05, 0.1) is 0 Å². The largest absolute Gasteiger partial charge is 0.290 e. The molecule has 0 bridgehead atoms. The van der Waals surface area contributed by atoms with Crippen LogP contribution in [0.25, 0.3) is 0 Å². The number of ketones is 1. The highest BCUT2D eigenvalue weighted by atomic mass is 16.1. The third-order valence-electron chi connectivity index (χ3n) is 4.14. The first-order valence-corrected chi connectivity index (χ1v) is 6.29. The van der Waals surface area contributed by atoms with E-state index in [1.54, 1.807) is 6.08 Å². The first kappa shape index (κ1) is 10.5. The Hall–Kier alpha value is -1.63. The van der Waals surface area contributed by atoms with E-state index < -0.39 is 0 Å². The van der Waals surface area contributed by atoms with Gasteiger partial charge >= 0.3 is 0 Å². The Morgan fingerprint density at radius 3 is 2.88 bits per heavy atom. The van der Waals surface area contributed by atoms with Crippen LogP contribution in [-0.4, -0.2) is 5.78 Å². The Bertz CT molecular complexity index is 536. The smallest absolute Gasteiger partial charge is 0.178 e. The Kier molecular flexibility index (Phi) is 2.29. The summed E-state index contributed by atoms with van der Waals surface area (Å²) in [5.41, 5.74) is 4.11. The Morgan fingerprint density at radius 1 is 1.24 bits per heavy atom. The topological polar surface area (TPSA) is 17.1 Å². The van der Waals surface area contributed by atoms with E-state index in [4.69, 9.17) is 0 Å². The van der Waals surface area contributed by atoms with Crippen molar-refractivity contribution in [2.45, 2.75) is 31.6 Å². The summed E-state index contributed by atoms with van der Waals surface area (Å²) in [6, 6.07) is 8.64. The minimum Gasteiger partial charge on any atom is -0.290 e. The minimum absolute atomic E-state index is 0.0112. The molecule has 0 amide bonds. The summed E-state index contributed by atoms with van der Waals surface area (Å²) < 4.78 is 0. The highest BCUT2D eigenvalue weighted by molar-refractivity contribution is 6.01. The molecule has 1 nitrogen and oxygen atoms in total. The van der Waals surface area contributed by atoms with E-state index in [1.165, 1.54) is 16.7 Å². The van der Waals surface area contributed by atoms with Gasteiger partial charge in [0.15, 0.2) is 5.78 Å². The number of fused-ring (bicyclic) bond motifs is 3. The summed E-state index contributed by atoms with van der Waals surface area (Å²) in [4.78, 5) is 11.5. The summed E-state index contributed by atoms with van der Waals surface area (Å²) in [6.45, 7) is 2.20. The molecule has 0 N–H and O–H groups in total. The molecule has 0 unspecified atom stereocenters. The summed E-state index contributed by atoms with van der Waals surface area (Å²) in [5, 5.41) is 0. The molecule has 2 aliphatic rings. The number of aryl methyl sites for hydroxylation is 1. The van der Waals surface area contributed by atoms with E-state index in [0.29, 0.717) is 0 Å². The third-order valence-corrected chi connectivity index (χ3v) is 4.14. The highest BCUT2D eigenvalue weighted by Crippen LogP contribution is 2.46. The molecule has 0 saturated carbocycles. The first-order valence-electron chi connectivity index (χ1n) is 6.29. The number of allylic oxidation sites excluding steroid dienone is 4. The van der Waals surface area contributed by atoms with Gasteiger partial charge in [0.1, 0.15) is 0 Å². The fraction of sp³-hybridized carbons (Fsp3) is 0.312. The van der Waals surface area contributed by atoms with Gasteiger partial charge in [-0.3, -0.25) is 4.79 Å². The quantitative estimate of drug-likeness (QED) is 0.715. The van der Waals surface area contributed by atoms with Gasteiger partial charge in [-0.1, -0.05) is 42.8 Å². The summed E-state index contributed by atoms with van der Waals surface area (Å²) in [5.74, 6) is 0.142. The van der Waals surface area contributed by atoms with Gasteiger partial charge in [-0.2, -0.15) is 0 Å². The molecule has 17 heavy (non-hydrogen) atoms. The summed E-state index contributed by atoms with van der Waals surface area (Å²) in [7, 11) is 0. The van der Waals surface area contributed by atoms with E-state index in [2.05, 4.69) is 37.3 Å². The molecule has 0 fully saturated rings. The van der Waals surface area contributed by atoms with Gasteiger partial charge < -0.3 is 0 Å². The zero-order valence-corrected chi connectivity index (χ0v) is 10.1. The Morgan fingerprint density at radius 2 is 2.06 bits per heavy atom. The standard InChI is InChI=1S/C16H16O/c1-2-16-10-9-14(17)11-13(16)8-7-12-5-3-4-6-15(12)16/h3-6,9-11H,2,7-8H2,1H3/t16-/m1/s1. The molecule has 0 saturated heterocycles. The number of carbonyl (C=O) groups excluding carboxylic acids is 1. The molecule has 3 rings (SSSR count). The molecular formula is C16H16O. The molecule has 0 aromatic heterocycles. The van der Waals surface area contributed by atoms with Crippen LogP contribution < -0.4 is 0 Å². The van der Waals surface area contributed by atoms with Crippen LogP contribution in [-0.2, 0) is 16.6 Å². The highest BCUT2D eigenvalue weighted by Gasteiger charge is 2.38. The van der Waals surface area contributed by atoms with E-state index in [1.807, 2.05) is 6.08 Å². The molecular weight excluding hydrogens is 208 g/mol. The molecule has 1 aromatic rings. The van der Waals surface area contributed by atoms with Crippen LogP contribution >= 0.6 is 0 Å². The van der Waals surface area contributed by atoms with Crippen LogP contribution in [0.15, 0.2) is 48.1 Å². The van der Waals surface area contributed by atoms with Crippen LogP contribution in [0.1, 0.15) is 30.9 Å². The second kappa shape index (κ2) is 3.69. The fourth-order valence-electron chi connectivity index (χ4n) is 3.22. The summed E-state index contributed by atoms with van der Waals surface area (Å²) >= 11 is 0. The molecule has 1 atom stereocenters. The van der Waals surface area contributed by atoms with Crippen molar-refractivity contribution in [2.24, 2.45) is 0 Å². The van der Waals surface area contributed by atoms with Crippen LogP contribution in [0, 0.1) is 0 Å². The van der Waals surface area contributed by atoms with Crippen molar-refractivity contribution >= 4 is 5.78 Å². The zero-order chi connectivity index (χ0) is 11.9. The number of carbonyl (C=O) groups is 1. The number of hydrogen-bond donors (Lipinski definition) is 0. The molecule has 0 spiro atoms. The monoisotopic (exact) mass is 224 g/mol. The maximum absolute atomic E-state index is 11.5. The van der Waals surface area contributed by atoms with Gasteiger partial charge in [0.25, 0.3) is 0 Å². The summed E-state index contributed by atoms with van der Waals surface area (Å²) in [6.07, 6.45) is 8.79. The lowest BCUT2D eigenvalue weighted by molar-refractivity contribution is -0.110. The second-order valence-electron chi connectivity index (χ2n) is 4.89. The van der Waals surface area contributed by atoms with E-state index in [0.717, 1.165) is 19.3 Å². The van der Waals surface area contributed by atoms with E-state index in [9.17, 15) is 4.79 Å². The third kappa shape index (κ3) is 1.42. The molecule has 0 heterocycles. The van der Waals surface area contributed by atoms with Gasteiger partial charge in [-0.15, -0.1) is 0 Å². The second-order valence-corrected chi connectivity index (χ2v) is 4.89. The molecule has 0 aliphatic heterocycles. The Balaban J connectivity index is 2.24. The van der Waals surface area contributed by atoms with Crippen molar-refractivity contribution in [1.29, 1.82) is 0 Å². The lowest BCUT2D eigenvalue weighted by Crippen LogP contribution is -2.33. The van der Waals surface area contributed by atoms with Crippen LogP contribution in [0.2, 0.25) is 0 Å². The van der Waals surface area contributed by atoms with Crippen LogP contribution in [0.5, 0.6) is 0 Å². The van der Waals surface area contributed by atoms with Crippen molar-refractivity contribution in [3.8, 4) is 0 Å². The Labute approximate surface area is 102 Å². The van der Waals surface area contributed by atoms with Gasteiger partial charge in [-0.25, -0.2) is 0 Å². The van der Waals surface area contributed by atoms with E-state index in [-0.39, 0.29) is 11.2 Å². The molecule has 86 valence electrons. The van der Waals surface area contributed by atoms with Crippen LogP contribution in [0.4, 0.5) is 0 Å². The lowest BCUT2D eigenvalue weighted by atomic mass is 9.63. The molecule has 1 heteroatoms. The van der Waals surface area contributed by atoms with Crippen molar-refractivity contribution in [3.05, 3.63) is 59.2 Å². The average Bonchev–Trinajstić information content (AvgIpc) is 2.38. The van der Waals surface area contributed by atoms with Crippen molar-refractivity contribution in [2.75, 3.05) is 0 Å². The lowest BCUT2D eigenvalue weighted by Gasteiger charge is -2.40. The molecule has 2 aliphatic carbocycles. The van der Waals surface area contributed by atoms with Gasteiger partial charge in [0, 0.05) is 5.41 Å². The zero-order valence-electron chi connectivity index (χ0n) is 10.1. The SMILES string of the molecule is CC[C@@]12C=CC(=O)C=C1CCc1ccccc12. The normalized spacial score (nSPS) is 26.2. The number of benzene rings is 1.